The molecule has 0 spiro atoms. The van der Waals surface area contributed by atoms with Crippen LogP contribution < -0.4 is 10.2 Å². The van der Waals surface area contributed by atoms with Crippen LogP contribution in [0.5, 0.6) is 0 Å². The summed E-state index contributed by atoms with van der Waals surface area (Å²) in [5.74, 6) is 1.01. The molecule has 122 valence electrons. The predicted molar refractivity (Wildman–Crippen MR) is 89.4 cm³/mol. The lowest BCUT2D eigenvalue weighted by Gasteiger charge is -2.29. The number of carbonyl (C=O) groups is 1. The van der Waals surface area contributed by atoms with Gasteiger partial charge in [-0.3, -0.25) is 4.79 Å². The number of anilines is 2. The van der Waals surface area contributed by atoms with Gasteiger partial charge in [-0.1, -0.05) is 20.8 Å². The highest BCUT2D eigenvalue weighted by atomic mass is 16.5. The molecule has 1 aromatic heterocycles. The maximum Gasteiger partial charge on any atom is 0.224 e. The van der Waals surface area contributed by atoms with Crippen LogP contribution in [0.3, 0.4) is 0 Å². The number of carbonyl (C=O) groups excluding carboxylic acids is 1. The summed E-state index contributed by atoms with van der Waals surface area (Å²) in [6.07, 6.45) is 0.497. The van der Waals surface area contributed by atoms with Crippen molar-refractivity contribution in [2.45, 2.75) is 41.0 Å². The molecule has 5 heteroatoms. The highest BCUT2D eigenvalue weighted by molar-refractivity contribution is 5.92. The van der Waals surface area contributed by atoms with E-state index < -0.39 is 0 Å². The molecule has 0 atom stereocenters. The average molecular weight is 305 g/mol. The number of rotatable bonds is 3. The first-order chi connectivity index (χ1) is 10.3. The molecular weight excluding hydrogens is 278 g/mol. The number of hydrogen-bond acceptors (Lipinski definition) is 4. The molecule has 0 bridgehead atoms. The van der Waals surface area contributed by atoms with Gasteiger partial charge in [0.05, 0.1) is 24.6 Å². The molecule has 1 saturated heterocycles. The fourth-order valence-electron chi connectivity index (χ4n) is 2.62. The van der Waals surface area contributed by atoms with Crippen LogP contribution in [-0.4, -0.2) is 37.2 Å². The van der Waals surface area contributed by atoms with Crippen LogP contribution in [0.4, 0.5) is 11.5 Å². The van der Waals surface area contributed by atoms with Crippen LogP contribution in [0.25, 0.3) is 0 Å². The lowest BCUT2D eigenvalue weighted by atomic mass is 9.92. The third-order valence-electron chi connectivity index (χ3n) is 3.67. The Morgan fingerprint density at radius 3 is 2.50 bits per heavy atom. The molecule has 1 N–H and O–H groups in total. The minimum atomic E-state index is -0.0208. The summed E-state index contributed by atoms with van der Waals surface area (Å²) < 4.78 is 5.38. The Balaban J connectivity index is 2.14. The summed E-state index contributed by atoms with van der Waals surface area (Å²) in [6.45, 7) is 13.4. The molecule has 0 radical (unpaired) electrons. The van der Waals surface area contributed by atoms with Gasteiger partial charge in [0, 0.05) is 19.5 Å². The number of pyridine rings is 1. The smallest absolute Gasteiger partial charge is 0.224 e. The number of nitrogens with one attached hydrogen (secondary N) is 1. The highest BCUT2D eigenvalue weighted by Gasteiger charge is 2.19. The van der Waals surface area contributed by atoms with Gasteiger partial charge < -0.3 is 15.0 Å². The Hall–Kier alpha value is -1.62. The number of ether oxygens (including phenoxy) is 1. The van der Waals surface area contributed by atoms with Crippen LogP contribution in [0.15, 0.2) is 6.07 Å². The minimum absolute atomic E-state index is 0.0208. The van der Waals surface area contributed by atoms with Crippen molar-refractivity contribution in [3.8, 4) is 0 Å². The topological polar surface area (TPSA) is 54.5 Å². The third kappa shape index (κ3) is 4.44. The van der Waals surface area contributed by atoms with E-state index in [1.807, 2.05) is 19.9 Å². The average Bonchev–Trinajstić information content (AvgIpc) is 2.41. The van der Waals surface area contributed by atoms with E-state index in [2.05, 4.69) is 36.0 Å². The number of amides is 1. The Morgan fingerprint density at radius 2 is 1.95 bits per heavy atom. The van der Waals surface area contributed by atoms with Crippen molar-refractivity contribution < 1.29 is 9.53 Å². The maximum absolute atomic E-state index is 12.2. The van der Waals surface area contributed by atoms with Gasteiger partial charge in [0.1, 0.15) is 5.82 Å². The van der Waals surface area contributed by atoms with Gasteiger partial charge in [0.2, 0.25) is 5.91 Å². The van der Waals surface area contributed by atoms with Crippen LogP contribution in [0.1, 0.15) is 38.4 Å². The minimum Gasteiger partial charge on any atom is -0.378 e. The molecule has 1 aromatic rings. The van der Waals surface area contributed by atoms with Crippen molar-refractivity contribution in [3.63, 3.8) is 0 Å². The van der Waals surface area contributed by atoms with E-state index in [0.29, 0.717) is 6.42 Å². The molecule has 0 saturated carbocycles. The second-order valence-corrected chi connectivity index (χ2v) is 7.14. The van der Waals surface area contributed by atoms with E-state index in [-0.39, 0.29) is 11.3 Å². The fourth-order valence-corrected chi connectivity index (χ4v) is 2.62. The van der Waals surface area contributed by atoms with Crippen molar-refractivity contribution in [2.24, 2.45) is 5.41 Å². The normalized spacial score (nSPS) is 15.8. The van der Waals surface area contributed by atoms with Gasteiger partial charge in [-0.05, 0) is 30.9 Å². The van der Waals surface area contributed by atoms with Crippen molar-refractivity contribution >= 4 is 17.4 Å². The molecule has 2 rings (SSSR count). The van der Waals surface area contributed by atoms with E-state index >= 15 is 0 Å². The number of nitrogens with zero attached hydrogens (tertiary/aromatic N) is 2. The molecule has 5 nitrogen and oxygen atoms in total. The van der Waals surface area contributed by atoms with E-state index in [1.54, 1.807) is 0 Å². The zero-order valence-electron chi connectivity index (χ0n) is 14.3. The highest BCUT2D eigenvalue weighted by Crippen LogP contribution is 2.26. The van der Waals surface area contributed by atoms with Crippen molar-refractivity contribution in [1.29, 1.82) is 0 Å². The summed E-state index contributed by atoms with van der Waals surface area (Å²) in [5, 5.41) is 3.02. The Morgan fingerprint density at radius 1 is 1.32 bits per heavy atom. The molecule has 22 heavy (non-hydrogen) atoms. The maximum atomic E-state index is 12.2. The van der Waals surface area contributed by atoms with Crippen molar-refractivity contribution in [2.75, 3.05) is 36.5 Å². The Bertz CT molecular complexity index is 520. The molecule has 1 amide bonds. The first kappa shape index (κ1) is 16.7. The van der Waals surface area contributed by atoms with E-state index in [9.17, 15) is 4.79 Å². The third-order valence-corrected chi connectivity index (χ3v) is 3.67. The van der Waals surface area contributed by atoms with Gasteiger partial charge in [0.15, 0.2) is 0 Å². The number of aryl methyl sites for hydroxylation is 2. The summed E-state index contributed by atoms with van der Waals surface area (Å²) in [5.41, 5.74) is 2.74. The molecule has 0 aliphatic carbocycles. The summed E-state index contributed by atoms with van der Waals surface area (Å²) in [4.78, 5) is 19.0. The van der Waals surface area contributed by atoms with Gasteiger partial charge in [0.25, 0.3) is 0 Å². The zero-order valence-corrected chi connectivity index (χ0v) is 14.3. The summed E-state index contributed by atoms with van der Waals surface area (Å²) in [6, 6.07) is 2.05. The van der Waals surface area contributed by atoms with Crippen LogP contribution >= 0.6 is 0 Å². The fraction of sp³-hybridized carbons (Fsp3) is 0.647. The van der Waals surface area contributed by atoms with E-state index in [4.69, 9.17) is 4.74 Å². The quantitative estimate of drug-likeness (QED) is 0.933. The van der Waals surface area contributed by atoms with Gasteiger partial charge in [-0.2, -0.15) is 0 Å². The van der Waals surface area contributed by atoms with Crippen molar-refractivity contribution in [1.82, 2.24) is 4.98 Å². The second kappa shape index (κ2) is 6.65. The van der Waals surface area contributed by atoms with Crippen LogP contribution in [0.2, 0.25) is 0 Å². The summed E-state index contributed by atoms with van der Waals surface area (Å²) >= 11 is 0. The van der Waals surface area contributed by atoms with Gasteiger partial charge >= 0.3 is 0 Å². The number of aromatic nitrogens is 1. The van der Waals surface area contributed by atoms with E-state index in [0.717, 1.165) is 49.1 Å². The standard InChI is InChI=1S/C17H27N3O2/c1-12-10-14(20-6-8-22-9-7-20)18-13(2)16(12)19-15(21)11-17(3,4)5/h10H,6-9,11H2,1-5H3,(H,19,21). The molecule has 1 aliphatic heterocycles. The Kier molecular flexibility index (Phi) is 5.06. The zero-order chi connectivity index (χ0) is 16.3. The monoisotopic (exact) mass is 305 g/mol. The SMILES string of the molecule is Cc1cc(N2CCOCC2)nc(C)c1NC(=O)CC(C)(C)C. The molecule has 2 heterocycles. The number of morpholine rings is 1. The Labute approximate surface area is 133 Å². The first-order valence-electron chi connectivity index (χ1n) is 7.87. The second-order valence-electron chi connectivity index (χ2n) is 7.14. The lowest BCUT2D eigenvalue weighted by Crippen LogP contribution is -2.37. The predicted octanol–water partition coefficient (Wildman–Crippen LogP) is 2.91. The lowest BCUT2D eigenvalue weighted by molar-refractivity contribution is -0.117. The molecular formula is C17H27N3O2. The van der Waals surface area contributed by atoms with Crippen LogP contribution in [0, 0.1) is 19.3 Å². The first-order valence-corrected chi connectivity index (χ1v) is 7.87. The number of hydrogen-bond donors (Lipinski definition) is 1. The van der Waals surface area contributed by atoms with Crippen molar-refractivity contribution in [3.05, 3.63) is 17.3 Å². The largest absolute Gasteiger partial charge is 0.378 e. The van der Waals surface area contributed by atoms with Crippen LogP contribution in [-0.2, 0) is 9.53 Å². The van der Waals surface area contributed by atoms with E-state index in [1.165, 1.54) is 0 Å². The molecule has 1 aliphatic rings. The molecule has 0 unspecified atom stereocenters. The molecule has 1 fully saturated rings. The summed E-state index contributed by atoms with van der Waals surface area (Å²) in [7, 11) is 0. The van der Waals surface area contributed by atoms with Gasteiger partial charge in [-0.15, -0.1) is 0 Å². The molecule has 0 aromatic carbocycles. The van der Waals surface area contributed by atoms with Gasteiger partial charge in [-0.25, -0.2) is 4.98 Å².